The third kappa shape index (κ3) is 5.20. The van der Waals surface area contributed by atoms with Gasteiger partial charge >= 0.3 is 0 Å². The molecule has 15 nitrogen and oxygen atoms in total. The van der Waals surface area contributed by atoms with E-state index in [0.717, 1.165) is 12.1 Å². The van der Waals surface area contributed by atoms with Crippen molar-refractivity contribution in [2.24, 2.45) is 0 Å². The van der Waals surface area contributed by atoms with Crippen molar-refractivity contribution in [2.45, 2.75) is 61.2 Å². The molecule has 3 aromatic rings. The number of aliphatic hydroxyl groups excluding tert-OH is 8. The molecule has 228 valence electrons. The van der Waals surface area contributed by atoms with Crippen molar-refractivity contribution < 1.29 is 69.7 Å². The summed E-state index contributed by atoms with van der Waals surface area (Å²) in [4.78, 5) is 13.1. The van der Waals surface area contributed by atoms with E-state index in [0.29, 0.717) is 5.56 Å². The van der Waals surface area contributed by atoms with Crippen molar-refractivity contribution in [1.82, 2.24) is 0 Å². The van der Waals surface area contributed by atoms with E-state index in [9.17, 15) is 55.9 Å². The number of ether oxygens (including phenoxy) is 3. The van der Waals surface area contributed by atoms with Crippen LogP contribution in [0.15, 0.2) is 45.6 Å². The molecule has 2 saturated heterocycles. The van der Waals surface area contributed by atoms with Gasteiger partial charge in [-0.2, -0.15) is 0 Å². The molecule has 0 saturated carbocycles. The molecule has 2 aliphatic rings. The first-order chi connectivity index (χ1) is 20.0. The van der Waals surface area contributed by atoms with Gasteiger partial charge in [0.15, 0.2) is 5.43 Å². The Hall–Kier alpha value is -3.35. The fraction of sp³-hybridized carbons (Fsp3) is 0.444. The maximum absolute atomic E-state index is 13.1. The van der Waals surface area contributed by atoms with Gasteiger partial charge in [-0.25, -0.2) is 0 Å². The van der Waals surface area contributed by atoms with Gasteiger partial charge in [0.1, 0.15) is 88.9 Å². The van der Waals surface area contributed by atoms with E-state index >= 15 is 0 Å². The molecule has 3 heterocycles. The predicted octanol–water partition coefficient (Wildman–Crippen LogP) is -2.44. The molecule has 2 aliphatic heterocycles. The van der Waals surface area contributed by atoms with Gasteiger partial charge in [0, 0.05) is 17.7 Å². The van der Waals surface area contributed by atoms with Gasteiger partial charge in [-0.15, -0.1) is 0 Å². The number of aromatic hydroxyl groups is 2. The molecule has 2 aromatic carbocycles. The van der Waals surface area contributed by atoms with Crippen LogP contribution < -0.4 is 10.2 Å². The van der Waals surface area contributed by atoms with Crippen LogP contribution in [0.5, 0.6) is 17.2 Å². The van der Waals surface area contributed by atoms with Crippen LogP contribution in [0, 0.1) is 0 Å². The first kappa shape index (κ1) is 30.1. The molecule has 42 heavy (non-hydrogen) atoms. The second kappa shape index (κ2) is 11.7. The summed E-state index contributed by atoms with van der Waals surface area (Å²) in [5, 5.41) is 101. The van der Waals surface area contributed by atoms with Crippen LogP contribution in [-0.4, -0.2) is 119 Å². The topological polar surface area (TPSA) is 260 Å². The molecule has 10 N–H and O–H groups in total. The standard InChI is InChI=1S/C27H30O15/c28-7-15-19(32)22(35)24(37)26(41-15)18-12(31)6-14-17(21(18)34)11(30)5-13(40-14)9-1-3-10(4-2-9)39-27-25(38)23(36)20(33)16(8-29)42-27/h1-6,15-16,19-20,22-29,31-38H,7-8H2/t15-,16-,19-,20-,22+,23+,24-,25-,26+,27-/m1/s1. The van der Waals surface area contributed by atoms with Crippen LogP contribution >= 0.6 is 0 Å². The quantitative estimate of drug-likeness (QED) is 0.142. The highest BCUT2D eigenvalue weighted by atomic mass is 16.7. The number of phenolic OH excluding ortho intramolecular Hbond substituents is 2. The number of fused-ring (bicyclic) bond motifs is 1. The lowest BCUT2D eigenvalue weighted by Crippen LogP contribution is -2.60. The molecule has 10 atom stereocenters. The summed E-state index contributed by atoms with van der Waals surface area (Å²) >= 11 is 0. The molecule has 15 heteroatoms. The molecular weight excluding hydrogens is 564 g/mol. The fourth-order valence-electron chi connectivity index (χ4n) is 5.06. The summed E-state index contributed by atoms with van der Waals surface area (Å²) in [7, 11) is 0. The Morgan fingerprint density at radius 1 is 0.738 bits per heavy atom. The largest absolute Gasteiger partial charge is 0.507 e. The van der Waals surface area contributed by atoms with Crippen LogP contribution in [0.4, 0.5) is 0 Å². The molecule has 5 rings (SSSR count). The van der Waals surface area contributed by atoms with E-state index in [1.54, 1.807) is 0 Å². The lowest BCUT2D eigenvalue weighted by molar-refractivity contribution is -0.277. The van der Waals surface area contributed by atoms with E-state index in [1.165, 1.54) is 24.3 Å². The van der Waals surface area contributed by atoms with E-state index in [4.69, 9.17) is 18.6 Å². The first-order valence-corrected chi connectivity index (χ1v) is 12.9. The van der Waals surface area contributed by atoms with Gasteiger partial charge in [-0.1, -0.05) is 0 Å². The minimum absolute atomic E-state index is 0.0197. The second-order valence-electron chi connectivity index (χ2n) is 10.1. The van der Waals surface area contributed by atoms with Crippen molar-refractivity contribution in [3.8, 4) is 28.6 Å². The average molecular weight is 595 g/mol. The third-order valence-corrected chi connectivity index (χ3v) is 7.43. The summed E-state index contributed by atoms with van der Waals surface area (Å²) in [6, 6.07) is 7.88. The average Bonchev–Trinajstić information content (AvgIpc) is 2.97. The summed E-state index contributed by atoms with van der Waals surface area (Å²) < 4.78 is 22.0. The van der Waals surface area contributed by atoms with Crippen molar-refractivity contribution >= 4 is 11.0 Å². The Kier molecular flexibility index (Phi) is 8.41. The lowest BCUT2D eigenvalue weighted by Gasteiger charge is -2.40. The van der Waals surface area contributed by atoms with Gasteiger partial charge in [-0.05, 0) is 24.3 Å². The third-order valence-electron chi connectivity index (χ3n) is 7.43. The van der Waals surface area contributed by atoms with Crippen molar-refractivity contribution in [3.63, 3.8) is 0 Å². The molecule has 1 aromatic heterocycles. The summed E-state index contributed by atoms with van der Waals surface area (Å²) in [5.74, 6) is -1.28. The monoisotopic (exact) mass is 594 g/mol. The highest BCUT2D eigenvalue weighted by Gasteiger charge is 2.46. The molecule has 0 bridgehead atoms. The molecule has 0 unspecified atom stereocenters. The van der Waals surface area contributed by atoms with Crippen LogP contribution in [0.2, 0.25) is 0 Å². The molecule has 0 spiro atoms. The molecule has 0 aliphatic carbocycles. The van der Waals surface area contributed by atoms with Crippen molar-refractivity contribution in [2.75, 3.05) is 13.2 Å². The van der Waals surface area contributed by atoms with Crippen molar-refractivity contribution in [1.29, 1.82) is 0 Å². The zero-order valence-electron chi connectivity index (χ0n) is 21.7. The van der Waals surface area contributed by atoms with Gasteiger partial charge in [-0.3, -0.25) is 4.79 Å². The number of benzene rings is 2. The van der Waals surface area contributed by atoms with Gasteiger partial charge in [0.2, 0.25) is 6.29 Å². The molecule has 0 radical (unpaired) electrons. The smallest absolute Gasteiger partial charge is 0.229 e. The van der Waals surface area contributed by atoms with Gasteiger partial charge in [0.25, 0.3) is 0 Å². The Morgan fingerprint density at radius 3 is 1.95 bits per heavy atom. The Balaban J connectivity index is 1.43. The van der Waals surface area contributed by atoms with E-state index in [1.807, 2.05) is 0 Å². The maximum atomic E-state index is 13.1. The van der Waals surface area contributed by atoms with Crippen molar-refractivity contribution in [3.05, 3.63) is 52.2 Å². The number of hydrogen-bond acceptors (Lipinski definition) is 15. The number of hydrogen-bond donors (Lipinski definition) is 10. The van der Waals surface area contributed by atoms with Gasteiger partial charge < -0.3 is 69.7 Å². The molecular formula is C27H30O15. The fourth-order valence-corrected chi connectivity index (χ4v) is 5.06. The summed E-state index contributed by atoms with van der Waals surface area (Å²) in [6.45, 7) is -1.37. The van der Waals surface area contributed by atoms with Crippen LogP contribution in [-0.2, 0) is 9.47 Å². The predicted molar refractivity (Wildman–Crippen MR) is 138 cm³/mol. The van der Waals surface area contributed by atoms with E-state index in [-0.39, 0.29) is 22.5 Å². The van der Waals surface area contributed by atoms with E-state index < -0.39 is 96.9 Å². The highest BCUT2D eigenvalue weighted by Crippen LogP contribution is 2.44. The maximum Gasteiger partial charge on any atom is 0.229 e. The van der Waals surface area contributed by atoms with Crippen LogP contribution in [0.1, 0.15) is 11.7 Å². The number of rotatable bonds is 6. The number of aliphatic hydroxyl groups is 8. The first-order valence-electron chi connectivity index (χ1n) is 12.9. The van der Waals surface area contributed by atoms with Gasteiger partial charge in [0.05, 0.1) is 18.8 Å². The lowest BCUT2D eigenvalue weighted by atomic mass is 9.89. The minimum Gasteiger partial charge on any atom is -0.507 e. The number of phenols is 2. The Labute approximate surface area is 236 Å². The summed E-state index contributed by atoms with van der Waals surface area (Å²) in [6.07, 6.45) is -15.6. The molecule has 0 amide bonds. The summed E-state index contributed by atoms with van der Waals surface area (Å²) in [5.41, 5.74) is -1.07. The zero-order chi connectivity index (χ0) is 30.5. The zero-order valence-corrected chi connectivity index (χ0v) is 21.7. The Morgan fingerprint density at radius 2 is 1.33 bits per heavy atom. The highest BCUT2D eigenvalue weighted by molar-refractivity contribution is 5.88. The second-order valence-corrected chi connectivity index (χ2v) is 10.1. The molecule has 2 fully saturated rings. The normalized spacial score (nSPS) is 33.5. The minimum atomic E-state index is -1.83. The van der Waals surface area contributed by atoms with Crippen LogP contribution in [0.3, 0.4) is 0 Å². The van der Waals surface area contributed by atoms with Crippen LogP contribution in [0.25, 0.3) is 22.3 Å². The Bertz CT molecular complexity index is 1470. The SMILES string of the molecule is O=c1cc(-c2ccc(O[C@@H]3O[C@H](CO)[C@@H](O)[C@H](O)[C@H]3O)cc2)oc2cc(O)c([C@@H]3O[C@H](CO)[C@@H](O)[C@H](O)[C@H]3O)c(O)c12. The van der Waals surface area contributed by atoms with E-state index in [2.05, 4.69) is 0 Å².